The van der Waals surface area contributed by atoms with Crippen LogP contribution in [0.3, 0.4) is 0 Å². The van der Waals surface area contributed by atoms with Gasteiger partial charge in [0.25, 0.3) is 0 Å². The summed E-state index contributed by atoms with van der Waals surface area (Å²) in [5, 5.41) is 8.79. The number of nitrogens with two attached hydrogens (primary N) is 1. The zero-order valence-corrected chi connectivity index (χ0v) is 11.5. The maximum Gasteiger partial charge on any atom is 0.301 e. The van der Waals surface area contributed by atoms with Gasteiger partial charge in [-0.25, -0.2) is 5.84 Å². The lowest BCUT2D eigenvalue weighted by atomic mass is 10.2. The third-order valence-electron chi connectivity index (χ3n) is 3.06. The molecule has 108 valence electrons. The first-order valence-corrected chi connectivity index (χ1v) is 6.50. The van der Waals surface area contributed by atoms with Gasteiger partial charge in [-0.2, -0.15) is 5.26 Å². The molecule has 0 aliphatic carbocycles. The molecule has 1 amide bonds. The highest BCUT2D eigenvalue weighted by Crippen LogP contribution is 2.20. The highest BCUT2D eigenvalue weighted by molar-refractivity contribution is 5.92. The fourth-order valence-electron chi connectivity index (χ4n) is 2.05. The molecule has 0 unspecified atom stereocenters. The van der Waals surface area contributed by atoms with Gasteiger partial charge in [-0.1, -0.05) is 18.2 Å². The fraction of sp³-hybridized carbons (Fsp3) is 0.200. The van der Waals surface area contributed by atoms with Crippen LogP contribution in [-0.2, 0) is 6.54 Å². The second-order valence-electron chi connectivity index (χ2n) is 4.41. The molecule has 1 aromatic carbocycles. The second-order valence-corrected chi connectivity index (χ2v) is 4.41. The van der Waals surface area contributed by atoms with E-state index in [-0.39, 0.29) is 5.76 Å². The highest BCUT2D eigenvalue weighted by atomic mass is 16.3. The van der Waals surface area contributed by atoms with Gasteiger partial charge in [0.2, 0.25) is 0 Å². The number of hydrogen-bond donors (Lipinski definition) is 2. The number of carbonyl (C=O) groups excluding carboxylic acids is 1. The second kappa shape index (κ2) is 7.12. The minimum atomic E-state index is -0.469. The molecule has 2 aromatic rings. The summed E-state index contributed by atoms with van der Waals surface area (Å²) < 4.78 is 5.17. The van der Waals surface area contributed by atoms with Crippen molar-refractivity contribution < 1.29 is 9.21 Å². The summed E-state index contributed by atoms with van der Waals surface area (Å²) in [6.45, 7) is 1.03. The molecule has 0 bridgehead atoms. The molecular formula is C15H16N4O2. The molecule has 1 heterocycles. The zero-order valence-electron chi connectivity index (χ0n) is 11.5. The van der Waals surface area contributed by atoms with Crippen molar-refractivity contribution in [3.63, 3.8) is 0 Å². The van der Waals surface area contributed by atoms with Crippen molar-refractivity contribution >= 4 is 11.6 Å². The Morgan fingerprint density at radius 3 is 2.76 bits per heavy atom. The van der Waals surface area contributed by atoms with Crippen LogP contribution in [-0.4, -0.2) is 12.5 Å². The average molecular weight is 284 g/mol. The Morgan fingerprint density at radius 2 is 2.10 bits per heavy atom. The maximum absolute atomic E-state index is 11.6. The maximum atomic E-state index is 11.6. The molecule has 0 fully saturated rings. The smallest absolute Gasteiger partial charge is 0.301 e. The van der Waals surface area contributed by atoms with Crippen LogP contribution in [0.4, 0.5) is 5.69 Å². The first kappa shape index (κ1) is 14.6. The van der Waals surface area contributed by atoms with Gasteiger partial charge in [-0.15, -0.1) is 0 Å². The zero-order chi connectivity index (χ0) is 15.1. The van der Waals surface area contributed by atoms with E-state index in [1.807, 2.05) is 35.2 Å². The van der Waals surface area contributed by atoms with Crippen molar-refractivity contribution in [3.05, 3.63) is 54.0 Å². The van der Waals surface area contributed by atoms with E-state index in [1.165, 1.54) is 6.26 Å². The Balaban J connectivity index is 2.22. The lowest BCUT2D eigenvalue weighted by Gasteiger charge is -2.23. The van der Waals surface area contributed by atoms with Crippen molar-refractivity contribution in [3.8, 4) is 6.07 Å². The largest absolute Gasteiger partial charge is 0.459 e. The molecule has 21 heavy (non-hydrogen) atoms. The predicted octanol–water partition coefficient (Wildman–Crippen LogP) is 1.80. The molecule has 1 aromatic heterocycles. The minimum absolute atomic E-state index is 0.190. The summed E-state index contributed by atoms with van der Waals surface area (Å²) in [6.07, 6.45) is 1.85. The summed E-state index contributed by atoms with van der Waals surface area (Å²) in [4.78, 5) is 13.6. The van der Waals surface area contributed by atoms with E-state index in [1.54, 1.807) is 6.07 Å². The summed E-state index contributed by atoms with van der Waals surface area (Å²) >= 11 is 0. The van der Waals surface area contributed by atoms with Crippen LogP contribution in [0, 0.1) is 11.3 Å². The van der Waals surface area contributed by atoms with Gasteiger partial charge in [-0.3, -0.25) is 10.2 Å². The molecule has 0 spiro atoms. The fourth-order valence-corrected chi connectivity index (χ4v) is 2.05. The van der Waals surface area contributed by atoms with Crippen molar-refractivity contribution in [2.24, 2.45) is 5.84 Å². The minimum Gasteiger partial charge on any atom is -0.459 e. The first-order chi connectivity index (χ1) is 10.3. The number of benzene rings is 1. The monoisotopic (exact) mass is 284 g/mol. The topological polar surface area (TPSA) is 95.3 Å². The molecule has 0 atom stereocenters. The normalized spacial score (nSPS) is 9.90. The van der Waals surface area contributed by atoms with E-state index in [9.17, 15) is 4.79 Å². The number of amides is 1. The molecule has 6 heteroatoms. The van der Waals surface area contributed by atoms with Crippen molar-refractivity contribution in [2.45, 2.75) is 13.0 Å². The standard InChI is InChI=1S/C15H16N4O2/c16-8-4-9-19(13-5-2-1-3-6-13)11-12-7-10-21-14(12)15(20)18-17/h1-3,5-7,10H,4,9,11,17H2,(H,18,20). The molecule has 0 aliphatic rings. The number of furan rings is 1. The van der Waals surface area contributed by atoms with Gasteiger partial charge in [0.15, 0.2) is 5.76 Å². The summed E-state index contributed by atoms with van der Waals surface area (Å²) in [6, 6.07) is 13.6. The molecule has 0 radical (unpaired) electrons. The van der Waals surface area contributed by atoms with Gasteiger partial charge in [0.05, 0.1) is 18.8 Å². The van der Waals surface area contributed by atoms with Crippen LogP contribution in [0.15, 0.2) is 47.1 Å². The van der Waals surface area contributed by atoms with E-state index in [2.05, 4.69) is 11.5 Å². The number of para-hydroxylation sites is 1. The summed E-state index contributed by atoms with van der Waals surface area (Å²) in [5.41, 5.74) is 3.76. The summed E-state index contributed by atoms with van der Waals surface area (Å²) in [7, 11) is 0. The molecule has 0 saturated carbocycles. The van der Waals surface area contributed by atoms with E-state index >= 15 is 0 Å². The molecule has 0 saturated heterocycles. The number of nitrogens with one attached hydrogen (secondary N) is 1. The Hall–Kier alpha value is -2.78. The van der Waals surface area contributed by atoms with Crippen molar-refractivity contribution in [1.82, 2.24) is 5.43 Å². The molecule has 3 N–H and O–H groups in total. The lowest BCUT2D eigenvalue weighted by molar-refractivity contribution is 0.0924. The number of nitrogen functional groups attached to an aromatic ring is 1. The highest BCUT2D eigenvalue weighted by Gasteiger charge is 2.17. The number of hydrogen-bond acceptors (Lipinski definition) is 5. The van der Waals surface area contributed by atoms with E-state index in [0.29, 0.717) is 19.5 Å². The van der Waals surface area contributed by atoms with Gasteiger partial charge >= 0.3 is 5.91 Å². The number of hydrazine groups is 1. The van der Waals surface area contributed by atoms with Crippen LogP contribution in [0.1, 0.15) is 22.5 Å². The SMILES string of the molecule is N#CCCN(Cc1ccoc1C(=O)NN)c1ccccc1. The quantitative estimate of drug-likeness (QED) is 0.479. The molecule has 0 aliphatic heterocycles. The number of rotatable bonds is 6. The predicted molar refractivity (Wildman–Crippen MR) is 78.1 cm³/mol. The Kier molecular flexibility index (Phi) is 4.96. The average Bonchev–Trinajstić information content (AvgIpc) is 2.99. The van der Waals surface area contributed by atoms with Gasteiger partial charge in [0.1, 0.15) is 0 Å². The van der Waals surface area contributed by atoms with E-state index in [0.717, 1.165) is 11.3 Å². The number of anilines is 1. The Bertz CT molecular complexity index is 631. The Morgan fingerprint density at radius 1 is 1.33 bits per heavy atom. The van der Waals surface area contributed by atoms with Crippen LogP contribution >= 0.6 is 0 Å². The number of nitrogens with zero attached hydrogens (tertiary/aromatic N) is 2. The lowest BCUT2D eigenvalue weighted by Crippen LogP contribution is -2.31. The van der Waals surface area contributed by atoms with Crippen LogP contribution in [0.25, 0.3) is 0 Å². The molecule has 6 nitrogen and oxygen atoms in total. The van der Waals surface area contributed by atoms with Crippen molar-refractivity contribution in [1.29, 1.82) is 5.26 Å². The van der Waals surface area contributed by atoms with Crippen molar-refractivity contribution in [2.75, 3.05) is 11.4 Å². The van der Waals surface area contributed by atoms with Crippen LogP contribution in [0.5, 0.6) is 0 Å². The van der Waals surface area contributed by atoms with E-state index in [4.69, 9.17) is 15.5 Å². The first-order valence-electron chi connectivity index (χ1n) is 6.50. The third kappa shape index (κ3) is 3.61. The molecule has 2 rings (SSSR count). The summed E-state index contributed by atoms with van der Waals surface area (Å²) in [5.74, 6) is 4.86. The van der Waals surface area contributed by atoms with Crippen LogP contribution in [0.2, 0.25) is 0 Å². The van der Waals surface area contributed by atoms with Crippen LogP contribution < -0.4 is 16.2 Å². The Labute approximate surface area is 122 Å². The number of nitriles is 1. The molecular weight excluding hydrogens is 268 g/mol. The van der Waals surface area contributed by atoms with Gasteiger partial charge in [-0.05, 0) is 18.2 Å². The van der Waals surface area contributed by atoms with E-state index < -0.39 is 5.91 Å². The van der Waals surface area contributed by atoms with Gasteiger partial charge < -0.3 is 9.32 Å². The van der Waals surface area contributed by atoms with Gasteiger partial charge in [0, 0.05) is 24.3 Å². The number of carbonyl (C=O) groups is 1. The third-order valence-corrected chi connectivity index (χ3v) is 3.06.